The van der Waals surface area contributed by atoms with E-state index in [0.717, 1.165) is 19.3 Å². The van der Waals surface area contributed by atoms with Crippen LogP contribution < -0.4 is 0 Å². The summed E-state index contributed by atoms with van der Waals surface area (Å²) in [5.74, 6) is 0.425. The van der Waals surface area contributed by atoms with Gasteiger partial charge in [0.1, 0.15) is 0 Å². The third-order valence-electron chi connectivity index (χ3n) is 5.87. The number of fused-ring (bicyclic) bond motifs is 2. The smallest absolute Gasteiger partial charge is 0.201 e. The van der Waals surface area contributed by atoms with Gasteiger partial charge in [-0.1, -0.05) is 13.3 Å². The van der Waals surface area contributed by atoms with Crippen LogP contribution in [0.2, 0.25) is 0 Å². The van der Waals surface area contributed by atoms with Crippen molar-refractivity contribution >= 4 is 0 Å². The Morgan fingerprint density at radius 3 is 2.80 bits per heavy atom. The lowest BCUT2D eigenvalue weighted by atomic mass is 9.61. The Labute approximate surface area is 119 Å². The van der Waals surface area contributed by atoms with Crippen molar-refractivity contribution in [2.45, 2.75) is 69.9 Å². The van der Waals surface area contributed by atoms with Gasteiger partial charge in [-0.3, -0.25) is 0 Å². The van der Waals surface area contributed by atoms with Gasteiger partial charge in [0.05, 0.1) is 0 Å². The molecule has 4 saturated heterocycles. The summed E-state index contributed by atoms with van der Waals surface area (Å²) in [5.41, 5.74) is -0.442. The SMILES string of the molecule is COC1O[C@@H]2OC3(C)CCC4CCC[C@@H]([C@H]1C)C42OO3. The number of methoxy groups -OCH3 is 1. The molecule has 4 unspecified atom stereocenters. The molecule has 1 aliphatic carbocycles. The maximum absolute atomic E-state index is 6.16. The molecule has 114 valence electrons. The van der Waals surface area contributed by atoms with Crippen molar-refractivity contribution in [1.29, 1.82) is 0 Å². The molecule has 2 bridgehead atoms. The lowest BCUT2D eigenvalue weighted by Crippen LogP contribution is -2.69. The molecule has 7 atom stereocenters. The summed E-state index contributed by atoms with van der Waals surface area (Å²) in [6.07, 6.45) is 4.88. The quantitative estimate of drug-likeness (QED) is 0.693. The average Bonchev–Trinajstić information content (AvgIpc) is 2.67. The zero-order valence-corrected chi connectivity index (χ0v) is 12.5. The summed E-state index contributed by atoms with van der Waals surface area (Å²) < 4.78 is 17.8. The molecule has 0 aromatic heterocycles. The highest BCUT2D eigenvalue weighted by Crippen LogP contribution is 2.59. The van der Waals surface area contributed by atoms with Gasteiger partial charge >= 0.3 is 0 Å². The Hall–Kier alpha value is -0.200. The van der Waals surface area contributed by atoms with E-state index >= 15 is 0 Å². The van der Waals surface area contributed by atoms with Crippen molar-refractivity contribution in [1.82, 2.24) is 0 Å². The van der Waals surface area contributed by atoms with Crippen molar-refractivity contribution in [2.24, 2.45) is 17.8 Å². The van der Waals surface area contributed by atoms with Gasteiger partial charge in [-0.25, -0.2) is 9.78 Å². The van der Waals surface area contributed by atoms with Crippen LogP contribution in [0.15, 0.2) is 0 Å². The fourth-order valence-electron chi connectivity index (χ4n) is 4.79. The van der Waals surface area contributed by atoms with Crippen LogP contribution >= 0.6 is 0 Å². The predicted molar refractivity (Wildman–Crippen MR) is 69.3 cm³/mol. The zero-order valence-electron chi connectivity index (χ0n) is 12.5. The van der Waals surface area contributed by atoms with Crippen LogP contribution in [0.1, 0.15) is 46.0 Å². The Kier molecular flexibility index (Phi) is 2.96. The first-order valence-electron chi connectivity index (χ1n) is 7.82. The molecule has 20 heavy (non-hydrogen) atoms. The highest BCUT2D eigenvalue weighted by Gasteiger charge is 2.68. The minimum atomic E-state index is -0.684. The number of hydrogen-bond acceptors (Lipinski definition) is 5. The van der Waals surface area contributed by atoms with E-state index in [0.29, 0.717) is 11.8 Å². The Morgan fingerprint density at radius 2 is 2.00 bits per heavy atom. The lowest BCUT2D eigenvalue weighted by molar-refractivity contribution is -0.575. The van der Waals surface area contributed by atoms with Crippen LogP contribution in [0.4, 0.5) is 0 Å². The second kappa shape index (κ2) is 4.40. The molecule has 4 heterocycles. The molecule has 5 fully saturated rings. The molecule has 5 aliphatic rings. The number of ether oxygens (including phenoxy) is 3. The van der Waals surface area contributed by atoms with Crippen LogP contribution in [0.5, 0.6) is 0 Å². The van der Waals surface area contributed by atoms with Gasteiger partial charge in [-0.05, 0) is 32.1 Å². The fraction of sp³-hybridized carbons (Fsp3) is 1.00. The van der Waals surface area contributed by atoms with E-state index in [-0.39, 0.29) is 18.5 Å². The van der Waals surface area contributed by atoms with Gasteiger partial charge in [0.15, 0.2) is 18.2 Å². The Morgan fingerprint density at radius 1 is 1.15 bits per heavy atom. The van der Waals surface area contributed by atoms with Crippen molar-refractivity contribution in [3.63, 3.8) is 0 Å². The summed E-state index contributed by atoms with van der Waals surface area (Å²) in [5, 5.41) is 0. The van der Waals surface area contributed by atoms with Gasteiger partial charge in [0.2, 0.25) is 5.79 Å². The highest BCUT2D eigenvalue weighted by atomic mass is 17.3. The Balaban J connectivity index is 1.78. The largest absolute Gasteiger partial charge is 0.355 e. The van der Waals surface area contributed by atoms with E-state index in [1.165, 1.54) is 12.8 Å². The normalized spacial score (nSPS) is 58.0. The molecule has 5 nitrogen and oxygen atoms in total. The van der Waals surface area contributed by atoms with Crippen LogP contribution in [0.3, 0.4) is 0 Å². The molecule has 4 aliphatic heterocycles. The highest BCUT2D eigenvalue weighted by molar-refractivity contribution is 5.07. The van der Waals surface area contributed by atoms with E-state index < -0.39 is 11.4 Å². The minimum Gasteiger partial charge on any atom is -0.355 e. The minimum absolute atomic E-state index is 0.221. The third kappa shape index (κ3) is 1.61. The molecular formula is C15H24O5. The predicted octanol–water partition coefficient (Wildman–Crippen LogP) is 2.59. The molecular weight excluding hydrogens is 260 g/mol. The molecule has 1 spiro atoms. The van der Waals surface area contributed by atoms with E-state index in [1.807, 2.05) is 6.92 Å². The zero-order chi connectivity index (χ0) is 14.0. The first kappa shape index (κ1) is 13.5. The summed E-state index contributed by atoms with van der Waals surface area (Å²) >= 11 is 0. The van der Waals surface area contributed by atoms with Crippen LogP contribution in [-0.2, 0) is 24.0 Å². The first-order chi connectivity index (χ1) is 9.59. The molecule has 5 rings (SSSR count). The third-order valence-corrected chi connectivity index (χ3v) is 5.87. The van der Waals surface area contributed by atoms with E-state index in [2.05, 4.69) is 6.92 Å². The molecule has 0 N–H and O–H groups in total. The lowest BCUT2D eigenvalue weighted by Gasteiger charge is -2.58. The van der Waals surface area contributed by atoms with Crippen LogP contribution in [0, 0.1) is 17.8 Å². The van der Waals surface area contributed by atoms with Crippen molar-refractivity contribution in [2.75, 3.05) is 7.11 Å². The molecule has 0 amide bonds. The van der Waals surface area contributed by atoms with Gasteiger partial charge in [0, 0.05) is 25.4 Å². The van der Waals surface area contributed by atoms with Crippen LogP contribution in [0.25, 0.3) is 0 Å². The number of rotatable bonds is 1. The topological polar surface area (TPSA) is 46.2 Å². The monoisotopic (exact) mass is 284 g/mol. The summed E-state index contributed by atoms with van der Waals surface area (Å²) in [6.45, 7) is 4.13. The Bertz CT molecular complexity index is 402. The average molecular weight is 284 g/mol. The van der Waals surface area contributed by atoms with Crippen molar-refractivity contribution < 1.29 is 24.0 Å². The second-order valence-corrected chi connectivity index (χ2v) is 6.98. The van der Waals surface area contributed by atoms with Gasteiger partial charge < -0.3 is 14.2 Å². The first-order valence-corrected chi connectivity index (χ1v) is 7.82. The van der Waals surface area contributed by atoms with Crippen molar-refractivity contribution in [3.8, 4) is 0 Å². The molecule has 0 aromatic carbocycles. The van der Waals surface area contributed by atoms with Gasteiger partial charge in [0.25, 0.3) is 0 Å². The van der Waals surface area contributed by atoms with E-state index in [1.54, 1.807) is 7.11 Å². The number of hydrogen-bond donors (Lipinski definition) is 0. The van der Waals surface area contributed by atoms with Gasteiger partial charge in [-0.15, -0.1) is 0 Å². The van der Waals surface area contributed by atoms with Crippen LogP contribution in [-0.4, -0.2) is 31.1 Å². The molecule has 5 heteroatoms. The van der Waals surface area contributed by atoms with E-state index in [4.69, 9.17) is 24.0 Å². The van der Waals surface area contributed by atoms with E-state index in [9.17, 15) is 0 Å². The molecule has 0 radical (unpaired) electrons. The van der Waals surface area contributed by atoms with Gasteiger partial charge in [-0.2, -0.15) is 0 Å². The molecule has 0 aromatic rings. The van der Waals surface area contributed by atoms with Crippen molar-refractivity contribution in [3.05, 3.63) is 0 Å². The summed E-state index contributed by atoms with van der Waals surface area (Å²) in [6, 6.07) is 0. The summed E-state index contributed by atoms with van der Waals surface area (Å²) in [7, 11) is 1.70. The molecule has 1 saturated carbocycles. The summed E-state index contributed by atoms with van der Waals surface area (Å²) in [4.78, 5) is 11.7. The second-order valence-electron chi connectivity index (χ2n) is 6.98. The maximum atomic E-state index is 6.16. The fourth-order valence-corrected chi connectivity index (χ4v) is 4.79. The maximum Gasteiger partial charge on any atom is 0.201 e. The standard InChI is InChI=1S/C15H24O5/c1-9-11-6-4-5-10-7-8-14(2)18-13(17-12(9)16-3)15(10,11)20-19-14/h9-13H,4-8H2,1-3H3/t9-,10?,11+,12?,13-,14?,15?/m1/s1.